The van der Waals surface area contributed by atoms with Gasteiger partial charge in [0, 0.05) is 52.0 Å². The minimum Gasteiger partial charge on any atom is -0.378 e. The van der Waals surface area contributed by atoms with Gasteiger partial charge in [-0.3, -0.25) is 0 Å². The van der Waals surface area contributed by atoms with Crippen molar-refractivity contribution < 1.29 is 9.13 Å². The van der Waals surface area contributed by atoms with E-state index >= 15 is 4.39 Å². The molecule has 0 aliphatic carbocycles. The zero-order chi connectivity index (χ0) is 23.5. The first-order chi connectivity index (χ1) is 16.6. The quantitative estimate of drug-likeness (QED) is 0.564. The average Bonchev–Trinajstić information content (AvgIpc) is 3.32. The number of hydrogen-bond acceptors (Lipinski definition) is 8. The highest BCUT2D eigenvalue weighted by Gasteiger charge is 2.25. The summed E-state index contributed by atoms with van der Waals surface area (Å²) in [5.41, 5.74) is 1.68. The second-order valence-electron chi connectivity index (χ2n) is 9.10. The highest BCUT2D eigenvalue weighted by atomic mass is 19.1. The Balaban J connectivity index is 1.45. The van der Waals surface area contributed by atoms with Crippen LogP contribution >= 0.6 is 0 Å². The molecule has 0 bridgehead atoms. The lowest BCUT2D eigenvalue weighted by Gasteiger charge is -2.33. The smallest absolute Gasteiger partial charge is 0.208 e. The topological polar surface area (TPSA) is 74.1 Å². The van der Waals surface area contributed by atoms with Crippen molar-refractivity contribution in [2.75, 3.05) is 76.4 Å². The number of morpholine rings is 1. The van der Waals surface area contributed by atoms with Crippen LogP contribution in [0, 0.1) is 5.82 Å². The van der Waals surface area contributed by atoms with E-state index < -0.39 is 0 Å². The summed E-state index contributed by atoms with van der Waals surface area (Å²) in [5.74, 6) is 0.745. The van der Waals surface area contributed by atoms with Gasteiger partial charge in [-0.1, -0.05) is 6.07 Å². The summed E-state index contributed by atoms with van der Waals surface area (Å²) >= 11 is 0. The number of anilines is 2. The fourth-order valence-corrected chi connectivity index (χ4v) is 4.69. The first kappa shape index (κ1) is 22.9. The van der Waals surface area contributed by atoms with Gasteiger partial charge < -0.3 is 24.8 Å². The number of aromatic nitrogens is 4. The third-order valence-electron chi connectivity index (χ3n) is 6.84. The zero-order valence-corrected chi connectivity index (χ0v) is 20.0. The molecule has 2 aliphatic heterocycles. The lowest BCUT2D eigenvalue weighted by atomic mass is 10.1. The molecule has 0 saturated carbocycles. The Morgan fingerprint density at radius 1 is 1.18 bits per heavy atom. The van der Waals surface area contributed by atoms with Crippen molar-refractivity contribution in [3.8, 4) is 11.4 Å². The molecule has 0 unspecified atom stereocenters. The number of halogens is 1. The number of ether oxygens (including phenoxy) is 1. The molecule has 2 aliphatic rings. The number of pyridine rings is 1. The lowest BCUT2D eigenvalue weighted by Crippen LogP contribution is -2.46. The summed E-state index contributed by atoms with van der Waals surface area (Å²) in [7, 11) is 4.05. The SMILES string of the molecule is CN(CCN(C)[C@@H]1CCCNC1)c1nc(-c2cnn3ccccc23)nc(N2CCOCC2)c1F. The van der Waals surface area contributed by atoms with Crippen LogP contribution < -0.4 is 15.1 Å². The van der Waals surface area contributed by atoms with Gasteiger partial charge in [0.2, 0.25) is 5.82 Å². The molecular weight excluding hydrogens is 435 g/mol. The van der Waals surface area contributed by atoms with E-state index in [9.17, 15) is 0 Å². The number of likely N-dealkylation sites (N-methyl/N-ethyl adjacent to an activating group) is 2. The van der Waals surface area contributed by atoms with Crippen LogP contribution in [-0.2, 0) is 4.74 Å². The molecule has 0 spiro atoms. The van der Waals surface area contributed by atoms with Gasteiger partial charge in [-0.05, 0) is 38.6 Å². The number of nitrogens with one attached hydrogen (secondary N) is 1. The van der Waals surface area contributed by atoms with E-state index in [2.05, 4.69) is 27.3 Å². The van der Waals surface area contributed by atoms with Gasteiger partial charge in [0.25, 0.3) is 0 Å². The molecule has 0 aromatic carbocycles. The van der Waals surface area contributed by atoms with Gasteiger partial charge >= 0.3 is 0 Å². The Bertz CT molecular complexity index is 1110. The van der Waals surface area contributed by atoms with Crippen LogP contribution in [-0.4, -0.2) is 97.1 Å². The number of piperidine rings is 1. The maximum Gasteiger partial charge on any atom is 0.208 e. The van der Waals surface area contributed by atoms with Crippen molar-refractivity contribution in [1.82, 2.24) is 29.8 Å². The summed E-state index contributed by atoms with van der Waals surface area (Å²) in [6.07, 6.45) is 6.01. The molecule has 3 aromatic heterocycles. The van der Waals surface area contributed by atoms with Crippen LogP contribution in [0.15, 0.2) is 30.6 Å². The molecule has 5 heterocycles. The number of rotatable bonds is 7. The highest BCUT2D eigenvalue weighted by molar-refractivity contribution is 5.77. The van der Waals surface area contributed by atoms with Crippen LogP contribution in [0.3, 0.4) is 0 Å². The van der Waals surface area contributed by atoms with E-state index in [1.807, 2.05) is 41.2 Å². The molecule has 182 valence electrons. The Labute approximate surface area is 199 Å². The standard InChI is InChI=1S/C24H33FN8O/c1-30(18-6-5-8-26-16-18)10-11-31(2)23-21(25)24(32-12-14-34-15-13-32)29-22(28-23)19-17-27-33-9-4-3-7-20(19)33/h3-4,7,9,17-18,26H,5-6,8,10-16H2,1-2H3/t18-/m1/s1. The minimum atomic E-state index is -0.383. The molecule has 5 rings (SSSR count). The van der Waals surface area contributed by atoms with Gasteiger partial charge in [0.15, 0.2) is 17.5 Å². The average molecular weight is 469 g/mol. The van der Waals surface area contributed by atoms with E-state index in [4.69, 9.17) is 9.72 Å². The van der Waals surface area contributed by atoms with Crippen LogP contribution in [0.1, 0.15) is 12.8 Å². The fourth-order valence-electron chi connectivity index (χ4n) is 4.69. The van der Waals surface area contributed by atoms with Crippen molar-refractivity contribution in [2.24, 2.45) is 0 Å². The Hall–Kier alpha value is -2.82. The monoisotopic (exact) mass is 468 g/mol. The van der Waals surface area contributed by atoms with Gasteiger partial charge in [0.1, 0.15) is 0 Å². The maximum absolute atomic E-state index is 15.8. The molecule has 1 N–H and O–H groups in total. The van der Waals surface area contributed by atoms with E-state index in [-0.39, 0.29) is 5.82 Å². The first-order valence-corrected chi connectivity index (χ1v) is 12.1. The van der Waals surface area contributed by atoms with E-state index in [1.165, 1.54) is 12.8 Å². The van der Waals surface area contributed by atoms with Crippen molar-refractivity contribution in [2.45, 2.75) is 18.9 Å². The molecular formula is C24H33FN8O. The molecule has 0 radical (unpaired) electrons. The molecule has 9 nitrogen and oxygen atoms in total. The predicted molar refractivity (Wildman–Crippen MR) is 131 cm³/mol. The first-order valence-electron chi connectivity index (χ1n) is 12.1. The maximum atomic E-state index is 15.8. The van der Waals surface area contributed by atoms with Crippen molar-refractivity contribution in [1.29, 1.82) is 0 Å². The Morgan fingerprint density at radius 3 is 2.82 bits per heavy atom. The van der Waals surface area contributed by atoms with Crippen molar-refractivity contribution in [3.05, 3.63) is 36.4 Å². The molecule has 3 aromatic rings. The van der Waals surface area contributed by atoms with E-state index in [0.717, 1.165) is 30.7 Å². The van der Waals surface area contributed by atoms with Crippen LogP contribution in [0.5, 0.6) is 0 Å². The lowest BCUT2D eigenvalue weighted by molar-refractivity contribution is 0.122. The van der Waals surface area contributed by atoms with Gasteiger partial charge in [-0.15, -0.1) is 0 Å². The van der Waals surface area contributed by atoms with E-state index in [1.54, 1.807) is 10.7 Å². The van der Waals surface area contributed by atoms with Gasteiger partial charge in [0.05, 0.1) is 30.5 Å². The Morgan fingerprint density at radius 2 is 2.03 bits per heavy atom. The summed E-state index contributed by atoms with van der Waals surface area (Å²) in [5, 5.41) is 7.89. The minimum absolute atomic E-state index is 0.317. The van der Waals surface area contributed by atoms with Crippen molar-refractivity contribution in [3.63, 3.8) is 0 Å². The number of nitrogens with zero attached hydrogens (tertiary/aromatic N) is 7. The largest absolute Gasteiger partial charge is 0.378 e. The zero-order valence-electron chi connectivity index (χ0n) is 20.0. The summed E-state index contributed by atoms with van der Waals surface area (Å²) in [6.45, 7) is 5.89. The molecule has 2 fully saturated rings. The predicted octanol–water partition coefficient (Wildman–Crippen LogP) is 1.89. The highest BCUT2D eigenvalue weighted by Crippen LogP contribution is 2.30. The summed E-state index contributed by atoms with van der Waals surface area (Å²) < 4.78 is 23.1. The number of hydrogen-bond donors (Lipinski definition) is 1. The van der Waals surface area contributed by atoms with Crippen molar-refractivity contribution >= 4 is 17.2 Å². The molecule has 2 saturated heterocycles. The molecule has 1 atom stereocenters. The second kappa shape index (κ2) is 10.2. The molecule has 10 heteroatoms. The summed E-state index contributed by atoms with van der Waals surface area (Å²) in [6, 6.07) is 6.36. The second-order valence-corrected chi connectivity index (χ2v) is 9.10. The van der Waals surface area contributed by atoms with E-state index in [0.29, 0.717) is 56.4 Å². The third-order valence-corrected chi connectivity index (χ3v) is 6.84. The van der Waals surface area contributed by atoms with Crippen LogP contribution in [0.4, 0.5) is 16.0 Å². The summed E-state index contributed by atoms with van der Waals surface area (Å²) in [4.78, 5) is 15.6. The Kier molecular flexibility index (Phi) is 6.89. The van der Waals surface area contributed by atoms with Crippen LogP contribution in [0.2, 0.25) is 0 Å². The normalized spacial score (nSPS) is 19.2. The third kappa shape index (κ3) is 4.70. The van der Waals surface area contributed by atoms with Gasteiger partial charge in [-0.25, -0.2) is 14.5 Å². The van der Waals surface area contributed by atoms with Crippen LogP contribution in [0.25, 0.3) is 16.9 Å². The molecule has 0 amide bonds. The van der Waals surface area contributed by atoms with Gasteiger partial charge in [-0.2, -0.15) is 9.49 Å². The molecule has 34 heavy (non-hydrogen) atoms. The number of fused-ring (bicyclic) bond motifs is 1. The fraction of sp³-hybridized carbons (Fsp3) is 0.542.